The van der Waals surface area contributed by atoms with Gasteiger partial charge in [-0.05, 0) is 42.9 Å². The molecule has 1 aliphatic rings. The predicted octanol–water partition coefficient (Wildman–Crippen LogP) is 3.08. The molecule has 0 bridgehead atoms. The van der Waals surface area contributed by atoms with E-state index in [0.717, 1.165) is 19.4 Å². The number of rotatable bonds is 3. The van der Waals surface area contributed by atoms with Crippen LogP contribution in [0.5, 0.6) is 0 Å². The minimum absolute atomic E-state index is 0.168. The van der Waals surface area contributed by atoms with Crippen LogP contribution in [0.25, 0.3) is 0 Å². The Morgan fingerprint density at radius 3 is 2.38 bits per heavy atom. The normalized spacial score (nSPS) is 22.3. The standard InChI is InChI=1S/C18H28N2O/c1-17(2,3)15-9-7-14(8-10-15)13-20(5)16(21)18(4)11-6-12-19-18/h7-10,19H,6,11-13H2,1-5H3. The van der Waals surface area contributed by atoms with Gasteiger partial charge in [-0.15, -0.1) is 0 Å². The molecule has 0 radical (unpaired) electrons. The summed E-state index contributed by atoms with van der Waals surface area (Å²) >= 11 is 0. The second kappa shape index (κ2) is 5.80. The molecule has 3 heteroatoms. The van der Waals surface area contributed by atoms with Gasteiger partial charge in [-0.25, -0.2) is 0 Å². The van der Waals surface area contributed by atoms with Crippen LogP contribution in [0.15, 0.2) is 24.3 Å². The highest BCUT2D eigenvalue weighted by atomic mass is 16.2. The van der Waals surface area contributed by atoms with Gasteiger partial charge in [0.15, 0.2) is 0 Å². The van der Waals surface area contributed by atoms with Crippen molar-refractivity contribution in [1.29, 1.82) is 0 Å². The molecule has 1 unspecified atom stereocenters. The quantitative estimate of drug-likeness (QED) is 0.927. The Morgan fingerprint density at radius 2 is 1.90 bits per heavy atom. The Kier molecular flexibility index (Phi) is 4.43. The topological polar surface area (TPSA) is 32.3 Å². The number of carbonyl (C=O) groups is 1. The number of carbonyl (C=O) groups excluding carboxylic acids is 1. The maximum Gasteiger partial charge on any atom is 0.242 e. The van der Waals surface area contributed by atoms with E-state index in [-0.39, 0.29) is 16.9 Å². The molecule has 1 amide bonds. The van der Waals surface area contributed by atoms with Crippen molar-refractivity contribution in [2.45, 2.75) is 58.0 Å². The maximum absolute atomic E-state index is 12.6. The zero-order chi connectivity index (χ0) is 15.7. The van der Waals surface area contributed by atoms with E-state index in [9.17, 15) is 4.79 Å². The number of hydrogen-bond donors (Lipinski definition) is 1. The third-order valence-electron chi connectivity index (χ3n) is 4.43. The molecule has 2 rings (SSSR count). The van der Waals surface area contributed by atoms with Crippen LogP contribution in [-0.4, -0.2) is 29.9 Å². The average molecular weight is 288 g/mol. The van der Waals surface area contributed by atoms with Crippen molar-refractivity contribution in [3.63, 3.8) is 0 Å². The number of nitrogens with one attached hydrogen (secondary N) is 1. The molecule has 0 aliphatic carbocycles. The van der Waals surface area contributed by atoms with E-state index < -0.39 is 0 Å². The molecule has 0 aromatic heterocycles. The van der Waals surface area contributed by atoms with Gasteiger partial charge in [0, 0.05) is 13.6 Å². The molecule has 1 heterocycles. The lowest BCUT2D eigenvalue weighted by Crippen LogP contribution is -2.51. The van der Waals surface area contributed by atoms with Crippen molar-refractivity contribution in [3.8, 4) is 0 Å². The number of hydrogen-bond acceptors (Lipinski definition) is 2. The highest BCUT2D eigenvalue weighted by molar-refractivity contribution is 5.86. The molecule has 1 N–H and O–H groups in total. The molecule has 3 nitrogen and oxygen atoms in total. The molecule has 1 saturated heterocycles. The third kappa shape index (κ3) is 3.65. The SMILES string of the molecule is CN(Cc1ccc(C(C)(C)C)cc1)C(=O)C1(C)CCCN1. The first-order valence-corrected chi connectivity index (χ1v) is 7.82. The maximum atomic E-state index is 12.6. The largest absolute Gasteiger partial charge is 0.340 e. The van der Waals surface area contributed by atoms with Gasteiger partial charge in [0.05, 0.1) is 5.54 Å². The summed E-state index contributed by atoms with van der Waals surface area (Å²) < 4.78 is 0. The van der Waals surface area contributed by atoms with Gasteiger partial charge in [0.1, 0.15) is 0 Å². The van der Waals surface area contributed by atoms with Crippen LogP contribution in [0.3, 0.4) is 0 Å². The molecule has 0 saturated carbocycles. The Hall–Kier alpha value is -1.35. The van der Waals surface area contributed by atoms with Crippen molar-refractivity contribution in [2.24, 2.45) is 0 Å². The molecule has 1 fully saturated rings. The first-order valence-electron chi connectivity index (χ1n) is 7.82. The van der Waals surface area contributed by atoms with Crippen molar-refractivity contribution < 1.29 is 4.79 Å². The monoisotopic (exact) mass is 288 g/mol. The first-order chi connectivity index (χ1) is 9.72. The fourth-order valence-corrected chi connectivity index (χ4v) is 2.95. The average Bonchev–Trinajstić information content (AvgIpc) is 2.85. The predicted molar refractivity (Wildman–Crippen MR) is 87.3 cm³/mol. The molecule has 0 spiro atoms. The van der Waals surface area contributed by atoms with Crippen LogP contribution >= 0.6 is 0 Å². The van der Waals surface area contributed by atoms with E-state index in [2.05, 4.69) is 50.4 Å². The summed E-state index contributed by atoms with van der Waals surface area (Å²) in [5, 5.41) is 3.34. The van der Waals surface area contributed by atoms with Crippen LogP contribution < -0.4 is 5.32 Å². The smallest absolute Gasteiger partial charge is 0.242 e. The zero-order valence-electron chi connectivity index (χ0n) is 14.0. The molecular weight excluding hydrogens is 260 g/mol. The van der Waals surface area contributed by atoms with Gasteiger partial charge in [-0.2, -0.15) is 0 Å². The fourth-order valence-electron chi connectivity index (χ4n) is 2.95. The molecule has 1 aliphatic heterocycles. The van der Waals surface area contributed by atoms with Gasteiger partial charge in [0.2, 0.25) is 5.91 Å². The van der Waals surface area contributed by atoms with E-state index in [0.29, 0.717) is 6.54 Å². The highest BCUT2D eigenvalue weighted by Crippen LogP contribution is 2.24. The van der Waals surface area contributed by atoms with Crippen molar-refractivity contribution in [2.75, 3.05) is 13.6 Å². The van der Waals surface area contributed by atoms with Gasteiger partial charge in [-0.3, -0.25) is 4.79 Å². The van der Waals surface area contributed by atoms with Crippen LogP contribution in [0.1, 0.15) is 51.7 Å². The molecular formula is C18H28N2O. The van der Waals surface area contributed by atoms with E-state index in [1.54, 1.807) is 0 Å². The Bertz CT molecular complexity index is 493. The Morgan fingerprint density at radius 1 is 1.29 bits per heavy atom. The van der Waals surface area contributed by atoms with Gasteiger partial charge >= 0.3 is 0 Å². The molecule has 1 atom stereocenters. The van der Waals surface area contributed by atoms with Crippen LogP contribution in [0.2, 0.25) is 0 Å². The lowest BCUT2D eigenvalue weighted by Gasteiger charge is -2.29. The molecule has 1 aromatic carbocycles. The van der Waals surface area contributed by atoms with Crippen LogP contribution in [0.4, 0.5) is 0 Å². The van der Waals surface area contributed by atoms with Crippen LogP contribution in [0, 0.1) is 0 Å². The van der Waals surface area contributed by atoms with E-state index in [4.69, 9.17) is 0 Å². The summed E-state index contributed by atoms with van der Waals surface area (Å²) in [5.74, 6) is 0.194. The number of nitrogens with zero attached hydrogens (tertiary/aromatic N) is 1. The molecule has 116 valence electrons. The summed E-state index contributed by atoms with van der Waals surface area (Å²) in [6, 6.07) is 8.61. The molecule has 21 heavy (non-hydrogen) atoms. The summed E-state index contributed by atoms with van der Waals surface area (Å²) in [6.45, 7) is 10.3. The summed E-state index contributed by atoms with van der Waals surface area (Å²) in [4.78, 5) is 14.4. The van der Waals surface area contributed by atoms with E-state index in [1.165, 1.54) is 11.1 Å². The fraction of sp³-hybridized carbons (Fsp3) is 0.611. The Labute approximate surface area is 128 Å². The van der Waals surface area contributed by atoms with Gasteiger partial charge in [-0.1, -0.05) is 45.0 Å². The number of likely N-dealkylation sites (N-methyl/N-ethyl adjacent to an activating group) is 1. The lowest BCUT2D eigenvalue weighted by molar-refractivity contribution is -0.136. The van der Waals surface area contributed by atoms with E-state index >= 15 is 0 Å². The van der Waals surface area contributed by atoms with E-state index in [1.807, 2.05) is 18.9 Å². The summed E-state index contributed by atoms with van der Waals surface area (Å²) in [7, 11) is 1.89. The molecule has 1 aromatic rings. The van der Waals surface area contributed by atoms with Crippen molar-refractivity contribution in [1.82, 2.24) is 10.2 Å². The minimum Gasteiger partial charge on any atom is -0.340 e. The summed E-state index contributed by atoms with van der Waals surface area (Å²) in [5.41, 5.74) is 2.30. The second-order valence-electron chi connectivity index (χ2n) is 7.47. The Balaban J connectivity index is 2.02. The van der Waals surface area contributed by atoms with Crippen molar-refractivity contribution >= 4 is 5.91 Å². The van der Waals surface area contributed by atoms with Gasteiger partial charge in [0.25, 0.3) is 0 Å². The number of benzene rings is 1. The van der Waals surface area contributed by atoms with Crippen LogP contribution in [-0.2, 0) is 16.8 Å². The second-order valence-corrected chi connectivity index (χ2v) is 7.47. The highest BCUT2D eigenvalue weighted by Gasteiger charge is 2.37. The zero-order valence-corrected chi connectivity index (χ0v) is 14.0. The first kappa shape index (κ1) is 16.0. The third-order valence-corrected chi connectivity index (χ3v) is 4.43. The minimum atomic E-state index is -0.375. The van der Waals surface area contributed by atoms with Gasteiger partial charge < -0.3 is 10.2 Å². The summed E-state index contributed by atoms with van der Waals surface area (Å²) in [6.07, 6.45) is 2.01. The lowest BCUT2D eigenvalue weighted by atomic mass is 9.86. The van der Waals surface area contributed by atoms with Crippen molar-refractivity contribution in [3.05, 3.63) is 35.4 Å². The number of amides is 1.